The molecule has 170 valence electrons. The molecule has 0 aromatic heterocycles. The summed E-state index contributed by atoms with van der Waals surface area (Å²) in [4.78, 5) is 25.3. The van der Waals surface area contributed by atoms with Gasteiger partial charge in [0, 0.05) is 23.9 Å². The van der Waals surface area contributed by atoms with Crippen molar-refractivity contribution >= 4 is 11.8 Å². The second-order valence-electron chi connectivity index (χ2n) is 9.43. The van der Waals surface area contributed by atoms with E-state index in [1.54, 1.807) is 38.1 Å². The number of carbonyl (C=O) groups is 2. The number of halogens is 2. The van der Waals surface area contributed by atoms with Gasteiger partial charge >= 0.3 is 0 Å². The minimum Gasteiger partial charge on any atom is -0.353 e. The molecule has 2 unspecified atom stereocenters. The molecule has 32 heavy (non-hydrogen) atoms. The Morgan fingerprint density at radius 3 is 1.31 bits per heavy atom. The van der Waals surface area contributed by atoms with E-state index in [1.165, 1.54) is 24.3 Å². The van der Waals surface area contributed by atoms with Crippen LogP contribution in [0.1, 0.15) is 62.5 Å². The summed E-state index contributed by atoms with van der Waals surface area (Å²) in [5.74, 6) is -0.866. The van der Waals surface area contributed by atoms with Crippen LogP contribution in [0.3, 0.4) is 0 Å². The second-order valence-corrected chi connectivity index (χ2v) is 9.43. The average Bonchev–Trinajstić information content (AvgIpc) is 2.73. The zero-order chi connectivity index (χ0) is 22.8. The van der Waals surface area contributed by atoms with Crippen LogP contribution in [0.5, 0.6) is 0 Å². The Kier molecular flexibility index (Phi) is 6.58. The summed E-state index contributed by atoms with van der Waals surface area (Å²) in [6.45, 7) is 3.58. The molecule has 0 radical (unpaired) electrons. The Hall–Kier alpha value is -2.76. The summed E-state index contributed by atoms with van der Waals surface area (Å²) in [6.07, 6.45) is 3.32. The Balaban J connectivity index is 1.18. The maximum absolute atomic E-state index is 13.1. The molecule has 0 spiro atoms. The quantitative estimate of drug-likeness (QED) is 0.658. The Morgan fingerprint density at radius 1 is 0.688 bits per heavy atom. The summed E-state index contributed by atoms with van der Waals surface area (Å²) in [5, 5.41) is 6.11. The SMILES string of the molecule is CC(C(=O)NC1CC(c2ccc(F)cc2)C1)C(C)C(=O)NC1CC(c2ccc(F)cc2)C1. The highest BCUT2D eigenvalue weighted by molar-refractivity contribution is 5.87. The highest BCUT2D eigenvalue weighted by atomic mass is 19.1. The molecule has 0 aliphatic heterocycles. The van der Waals surface area contributed by atoms with Gasteiger partial charge in [0.1, 0.15) is 11.6 Å². The van der Waals surface area contributed by atoms with E-state index < -0.39 is 11.8 Å². The molecule has 4 nitrogen and oxygen atoms in total. The summed E-state index contributed by atoms with van der Waals surface area (Å²) in [5.41, 5.74) is 2.19. The molecule has 6 heteroatoms. The van der Waals surface area contributed by atoms with Crippen molar-refractivity contribution in [3.63, 3.8) is 0 Å². The first-order chi connectivity index (χ1) is 15.3. The summed E-state index contributed by atoms with van der Waals surface area (Å²) in [7, 11) is 0. The van der Waals surface area contributed by atoms with E-state index in [4.69, 9.17) is 0 Å². The van der Waals surface area contributed by atoms with Crippen LogP contribution in [0.4, 0.5) is 8.78 Å². The number of amides is 2. The van der Waals surface area contributed by atoms with Crippen LogP contribution in [0.25, 0.3) is 0 Å². The largest absolute Gasteiger partial charge is 0.353 e. The maximum Gasteiger partial charge on any atom is 0.223 e. The van der Waals surface area contributed by atoms with Crippen LogP contribution in [0, 0.1) is 23.5 Å². The fourth-order valence-electron chi connectivity index (χ4n) is 4.61. The fraction of sp³-hybridized carbons (Fsp3) is 0.462. The van der Waals surface area contributed by atoms with Gasteiger partial charge in [-0.1, -0.05) is 38.1 Å². The van der Waals surface area contributed by atoms with Gasteiger partial charge in [0.15, 0.2) is 0 Å². The Bertz CT molecular complexity index is 869. The molecule has 2 saturated carbocycles. The molecule has 4 rings (SSSR count). The smallest absolute Gasteiger partial charge is 0.223 e. The summed E-state index contributed by atoms with van der Waals surface area (Å²) >= 11 is 0. The third kappa shape index (κ3) is 5.00. The van der Waals surface area contributed by atoms with Crippen molar-refractivity contribution < 1.29 is 18.4 Å². The molecule has 2 aromatic carbocycles. The van der Waals surface area contributed by atoms with Crippen molar-refractivity contribution in [2.24, 2.45) is 11.8 Å². The van der Waals surface area contributed by atoms with Gasteiger partial charge in [0.25, 0.3) is 0 Å². The number of benzene rings is 2. The summed E-state index contributed by atoms with van der Waals surface area (Å²) in [6, 6.07) is 13.3. The fourth-order valence-corrected chi connectivity index (χ4v) is 4.61. The molecule has 0 heterocycles. The van der Waals surface area contributed by atoms with Gasteiger partial charge in [-0.2, -0.15) is 0 Å². The minimum absolute atomic E-state index is 0.0957. The number of rotatable bonds is 7. The van der Waals surface area contributed by atoms with Gasteiger partial charge in [-0.25, -0.2) is 8.78 Å². The normalized spacial score (nSPS) is 26.2. The molecule has 0 bridgehead atoms. The van der Waals surface area contributed by atoms with Crippen LogP contribution in [0.15, 0.2) is 48.5 Å². The second kappa shape index (κ2) is 9.39. The molecule has 0 saturated heterocycles. The van der Waals surface area contributed by atoms with Crippen molar-refractivity contribution in [3.05, 3.63) is 71.3 Å². The van der Waals surface area contributed by atoms with E-state index >= 15 is 0 Å². The standard InChI is InChI=1S/C26H30F2N2O2/c1-15(25(31)29-23-11-19(12-23)17-3-7-21(27)8-4-17)16(2)26(32)30-24-13-20(14-24)18-5-9-22(28)10-6-18/h3-10,15-16,19-20,23-24H,11-14H2,1-2H3,(H,29,31)(H,30,32). The minimum atomic E-state index is -0.423. The van der Waals surface area contributed by atoms with Crippen molar-refractivity contribution in [1.82, 2.24) is 10.6 Å². The first-order valence-corrected chi connectivity index (χ1v) is 11.4. The zero-order valence-corrected chi connectivity index (χ0v) is 18.5. The van der Waals surface area contributed by atoms with E-state index in [1.807, 2.05) is 0 Å². The average molecular weight is 441 g/mol. The molecular weight excluding hydrogens is 410 g/mol. The summed E-state index contributed by atoms with van der Waals surface area (Å²) < 4.78 is 26.1. The highest BCUT2D eigenvalue weighted by Gasteiger charge is 2.36. The highest BCUT2D eigenvalue weighted by Crippen LogP contribution is 2.38. The molecule has 2 fully saturated rings. The molecule has 2 N–H and O–H groups in total. The van der Waals surface area contributed by atoms with Gasteiger partial charge < -0.3 is 10.6 Å². The lowest BCUT2D eigenvalue weighted by molar-refractivity contribution is -0.135. The maximum atomic E-state index is 13.1. The van der Waals surface area contributed by atoms with Crippen LogP contribution >= 0.6 is 0 Å². The Labute approximate surface area is 187 Å². The predicted octanol–water partition coefficient (Wildman–Crippen LogP) is 4.66. The molecule has 2 aliphatic carbocycles. The van der Waals surface area contributed by atoms with Crippen LogP contribution < -0.4 is 10.6 Å². The van der Waals surface area contributed by atoms with Crippen LogP contribution in [0.2, 0.25) is 0 Å². The van der Waals surface area contributed by atoms with Crippen molar-refractivity contribution in [2.75, 3.05) is 0 Å². The number of hydrogen-bond donors (Lipinski definition) is 2. The third-order valence-electron chi connectivity index (χ3n) is 7.23. The third-order valence-corrected chi connectivity index (χ3v) is 7.23. The molecule has 2 atom stereocenters. The van der Waals surface area contributed by atoms with Gasteiger partial charge in [-0.15, -0.1) is 0 Å². The van der Waals surface area contributed by atoms with Crippen molar-refractivity contribution in [3.8, 4) is 0 Å². The van der Waals surface area contributed by atoms with Gasteiger partial charge in [-0.3, -0.25) is 9.59 Å². The van der Waals surface area contributed by atoms with E-state index in [-0.39, 0.29) is 35.5 Å². The van der Waals surface area contributed by atoms with Crippen molar-refractivity contribution in [2.45, 2.75) is 63.5 Å². The molecule has 2 amide bonds. The predicted molar refractivity (Wildman–Crippen MR) is 119 cm³/mol. The molecule has 2 aromatic rings. The first kappa shape index (κ1) is 22.4. The van der Waals surface area contributed by atoms with Gasteiger partial charge in [0.2, 0.25) is 11.8 Å². The van der Waals surface area contributed by atoms with Crippen molar-refractivity contribution in [1.29, 1.82) is 0 Å². The molecular formula is C26H30F2N2O2. The topological polar surface area (TPSA) is 58.2 Å². The van der Waals surface area contributed by atoms with Crippen LogP contribution in [-0.4, -0.2) is 23.9 Å². The monoisotopic (exact) mass is 440 g/mol. The lowest BCUT2D eigenvalue weighted by atomic mass is 9.75. The van der Waals surface area contributed by atoms with E-state index in [9.17, 15) is 18.4 Å². The Morgan fingerprint density at radius 2 is 1.00 bits per heavy atom. The van der Waals surface area contributed by atoms with E-state index in [0.29, 0.717) is 11.8 Å². The van der Waals surface area contributed by atoms with Gasteiger partial charge in [0.05, 0.1) is 0 Å². The number of carbonyl (C=O) groups excluding carboxylic acids is 2. The number of hydrogen-bond acceptors (Lipinski definition) is 2. The van der Waals surface area contributed by atoms with E-state index in [2.05, 4.69) is 10.6 Å². The van der Waals surface area contributed by atoms with E-state index in [0.717, 1.165) is 36.8 Å². The van der Waals surface area contributed by atoms with Gasteiger partial charge in [-0.05, 0) is 72.9 Å². The lowest BCUT2D eigenvalue weighted by Gasteiger charge is -2.38. The molecule has 2 aliphatic rings. The number of nitrogens with one attached hydrogen (secondary N) is 2. The first-order valence-electron chi connectivity index (χ1n) is 11.4. The lowest BCUT2D eigenvalue weighted by Crippen LogP contribution is -2.50. The van der Waals surface area contributed by atoms with Crippen LogP contribution in [-0.2, 0) is 9.59 Å². The zero-order valence-electron chi connectivity index (χ0n) is 18.5.